The van der Waals surface area contributed by atoms with Gasteiger partial charge >= 0.3 is 0 Å². The van der Waals surface area contributed by atoms with Crippen molar-refractivity contribution >= 4 is 34.9 Å². The van der Waals surface area contributed by atoms with Gasteiger partial charge in [0.15, 0.2) is 5.88 Å². The molecule has 5 nitrogen and oxygen atoms in total. The van der Waals surface area contributed by atoms with Crippen LogP contribution in [0, 0.1) is 6.92 Å². The third kappa shape index (κ3) is 3.23. The normalized spacial score (nSPS) is 16.3. The predicted molar refractivity (Wildman–Crippen MR) is 95.7 cm³/mol. The number of amides is 2. The highest BCUT2D eigenvalue weighted by atomic mass is 32.2. The van der Waals surface area contributed by atoms with Crippen molar-refractivity contribution in [3.05, 3.63) is 58.2 Å². The summed E-state index contributed by atoms with van der Waals surface area (Å²) < 4.78 is 5.62. The monoisotopic (exact) mass is 342 g/mol. The molecule has 0 aliphatic carbocycles. The molecule has 0 radical (unpaired) electrons. The number of rotatable bonds is 4. The molecule has 1 fully saturated rings. The molecule has 0 spiro atoms. The van der Waals surface area contributed by atoms with Gasteiger partial charge in [0, 0.05) is 26.2 Å². The fraction of sp³-hybridized carbons (Fsp3) is 0.222. The molecule has 3 rings (SSSR count). The third-order valence-electron chi connectivity index (χ3n) is 3.79. The van der Waals surface area contributed by atoms with Crippen LogP contribution in [-0.4, -0.2) is 30.1 Å². The lowest BCUT2D eigenvalue weighted by Gasteiger charge is -2.14. The second-order valence-electron chi connectivity index (χ2n) is 5.76. The fourth-order valence-electron chi connectivity index (χ4n) is 2.38. The molecule has 0 saturated carbocycles. The lowest BCUT2D eigenvalue weighted by atomic mass is 10.1. The summed E-state index contributed by atoms with van der Waals surface area (Å²) >= 11 is 0.944. The number of aryl methyl sites for hydroxylation is 1. The highest BCUT2D eigenvalue weighted by molar-refractivity contribution is 8.18. The number of carbonyl (C=O) groups excluding carboxylic acids is 2. The molecule has 1 saturated heterocycles. The van der Waals surface area contributed by atoms with E-state index < -0.39 is 0 Å². The van der Waals surface area contributed by atoms with Crippen molar-refractivity contribution in [1.82, 2.24) is 4.90 Å². The molecule has 0 N–H and O–H groups in total. The van der Waals surface area contributed by atoms with Crippen LogP contribution in [0.3, 0.4) is 0 Å². The van der Waals surface area contributed by atoms with E-state index in [1.807, 2.05) is 56.3 Å². The standard InChI is InChI=1S/C18H18N2O3S/c1-12-6-4-5-7-13(12)11-20-17(21)15(24-18(20)22)10-14-8-9-16(23-14)19(2)3/h4-10H,11H2,1-3H3/b15-10-. The average molecular weight is 342 g/mol. The van der Waals surface area contributed by atoms with E-state index in [1.165, 1.54) is 4.90 Å². The summed E-state index contributed by atoms with van der Waals surface area (Å²) in [5, 5.41) is -0.256. The van der Waals surface area contributed by atoms with Crippen molar-refractivity contribution in [2.45, 2.75) is 13.5 Å². The van der Waals surface area contributed by atoms with Gasteiger partial charge in [-0.05, 0) is 35.9 Å². The van der Waals surface area contributed by atoms with Gasteiger partial charge in [-0.25, -0.2) is 0 Å². The lowest BCUT2D eigenvalue weighted by Crippen LogP contribution is -2.27. The molecule has 0 bridgehead atoms. The predicted octanol–water partition coefficient (Wildman–Crippen LogP) is 3.89. The van der Waals surface area contributed by atoms with Crippen LogP contribution in [0.2, 0.25) is 0 Å². The number of nitrogens with zero attached hydrogens (tertiary/aromatic N) is 2. The molecular weight excluding hydrogens is 324 g/mol. The van der Waals surface area contributed by atoms with Gasteiger partial charge in [-0.1, -0.05) is 24.3 Å². The second kappa shape index (κ2) is 6.57. The maximum Gasteiger partial charge on any atom is 0.293 e. The SMILES string of the molecule is Cc1ccccc1CN1C(=O)S/C(=C\c2ccc(N(C)C)o2)C1=O. The number of furan rings is 1. The third-order valence-corrected chi connectivity index (χ3v) is 4.70. The zero-order chi connectivity index (χ0) is 17.3. The van der Waals surface area contributed by atoms with E-state index in [-0.39, 0.29) is 17.7 Å². The Morgan fingerprint density at radius 3 is 2.58 bits per heavy atom. The maximum absolute atomic E-state index is 12.5. The molecule has 0 atom stereocenters. The Bertz CT molecular complexity index is 823. The van der Waals surface area contributed by atoms with E-state index in [2.05, 4.69) is 0 Å². The van der Waals surface area contributed by atoms with Crippen LogP contribution in [-0.2, 0) is 11.3 Å². The largest absolute Gasteiger partial charge is 0.441 e. The molecule has 1 aromatic carbocycles. The molecule has 1 aromatic heterocycles. The minimum absolute atomic E-state index is 0.256. The van der Waals surface area contributed by atoms with Crippen LogP contribution >= 0.6 is 11.8 Å². The number of benzene rings is 1. The Morgan fingerprint density at radius 2 is 1.92 bits per heavy atom. The van der Waals surface area contributed by atoms with Crippen molar-refractivity contribution in [2.75, 3.05) is 19.0 Å². The van der Waals surface area contributed by atoms with Gasteiger partial charge in [0.05, 0.1) is 11.4 Å². The number of carbonyl (C=O) groups is 2. The zero-order valence-electron chi connectivity index (χ0n) is 13.8. The van der Waals surface area contributed by atoms with Gasteiger partial charge in [-0.15, -0.1) is 0 Å². The van der Waals surface area contributed by atoms with Gasteiger partial charge in [-0.3, -0.25) is 14.5 Å². The molecule has 1 aliphatic rings. The highest BCUT2D eigenvalue weighted by Crippen LogP contribution is 2.34. The van der Waals surface area contributed by atoms with Gasteiger partial charge in [-0.2, -0.15) is 0 Å². The summed E-state index contributed by atoms with van der Waals surface area (Å²) in [6.45, 7) is 2.26. The van der Waals surface area contributed by atoms with Gasteiger partial charge in [0.25, 0.3) is 11.1 Å². The van der Waals surface area contributed by atoms with Crippen molar-refractivity contribution in [3.8, 4) is 0 Å². The van der Waals surface area contributed by atoms with Gasteiger partial charge in [0.1, 0.15) is 5.76 Å². The van der Waals surface area contributed by atoms with E-state index >= 15 is 0 Å². The first-order chi connectivity index (χ1) is 11.5. The summed E-state index contributed by atoms with van der Waals surface area (Å²) in [6, 6.07) is 11.3. The molecule has 2 amide bonds. The topological polar surface area (TPSA) is 53.8 Å². The Balaban J connectivity index is 1.80. The second-order valence-corrected chi connectivity index (χ2v) is 6.76. The Kier molecular flexibility index (Phi) is 4.49. The molecule has 24 heavy (non-hydrogen) atoms. The number of thioether (sulfide) groups is 1. The van der Waals surface area contributed by atoms with Gasteiger partial charge in [0.2, 0.25) is 0 Å². The van der Waals surface area contributed by atoms with Crippen LogP contribution in [0.1, 0.15) is 16.9 Å². The number of hydrogen-bond donors (Lipinski definition) is 0. The smallest absolute Gasteiger partial charge is 0.293 e. The maximum atomic E-state index is 12.5. The fourth-order valence-corrected chi connectivity index (χ4v) is 3.20. The van der Waals surface area contributed by atoms with E-state index in [0.29, 0.717) is 16.5 Å². The first-order valence-corrected chi connectivity index (χ1v) is 8.34. The number of hydrogen-bond acceptors (Lipinski definition) is 5. The van der Waals surface area contributed by atoms with Crippen molar-refractivity contribution in [2.24, 2.45) is 0 Å². The quantitative estimate of drug-likeness (QED) is 0.789. The van der Waals surface area contributed by atoms with E-state index in [9.17, 15) is 9.59 Å². The van der Waals surface area contributed by atoms with Crippen molar-refractivity contribution < 1.29 is 14.0 Å². The minimum Gasteiger partial charge on any atom is -0.441 e. The first-order valence-electron chi connectivity index (χ1n) is 7.53. The number of imide groups is 1. The summed E-state index contributed by atoms with van der Waals surface area (Å²) in [5.74, 6) is 0.969. The van der Waals surface area contributed by atoms with Crippen LogP contribution in [0.4, 0.5) is 10.7 Å². The van der Waals surface area contributed by atoms with Crippen LogP contribution in [0.15, 0.2) is 45.7 Å². The minimum atomic E-state index is -0.281. The van der Waals surface area contributed by atoms with Crippen LogP contribution in [0.25, 0.3) is 6.08 Å². The highest BCUT2D eigenvalue weighted by Gasteiger charge is 2.35. The zero-order valence-corrected chi connectivity index (χ0v) is 14.6. The summed E-state index contributed by atoms with van der Waals surface area (Å²) in [5.41, 5.74) is 2.02. The number of anilines is 1. The van der Waals surface area contributed by atoms with Gasteiger partial charge < -0.3 is 9.32 Å². The van der Waals surface area contributed by atoms with E-state index in [0.717, 1.165) is 22.9 Å². The average Bonchev–Trinajstić information content (AvgIpc) is 3.10. The van der Waals surface area contributed by atoms with Crippen molar-refractivity contribution in [1.29, 1.82) is 0 Å². The van der Waals surface area contributed by atoms with Crippen LogP contribution in [0.5, 0.6) is 0 Å². The van der Waals surface area contributed by atoms with E-state index in [4.69, 9.17) is 4.42 Å². The molecule has 2 aromatic rings. The Labute approximate surface area is 144 Å². The molecule has 2 heterocycles. The lowest BCUT2D eigenvalue weighted by molar-refractivity contribution is -0.123. The molecule has 0 unspecified atom stereocenters. The molecule has 1 aliphatic heterocycles. The molecule has 6 heteroatoms. The first kappa shape index (κ1) is 16.4. The van der Waals surface area contributed by atoms with E-state index in [1.54, 1.807) is 12.1 Å². The summed E-state index contributed by atoms with van der Waals surface area (Å²) in [7, 11) is 3.75. The van der Waals surface area contributed by atoms with Crippen molar-refractivity contribution in [3.63, 3.8) is 0 Å². The molecule has 124 valence electrons. The summed E-state index contributed by atoms with van der Waals surface area (Å²) in [6.07, 6.45) is 1.62. The Morgan fingerprint density at radius 1 is 1.17 bits per heavy atom. The Hall–Kier alpha value is -2.47. The molecular formula is C18H18N2O3S. The van der Waals surface area contributed by atoms with Crippen LogP contribution < -0.4 is 4.90 Å². The summed E-state index contributed by atoms with van der Waals surface area (Å²) in [4.78, 5) is 28.2.